The summed E-state index contributed by atoms with van der Waals surface area (Å²) in [6.45, 7) is -0.283. The van der Waals surface area contributed by atoms with Crippen LogP contribution in [0.2, 0.25) is 0 Å². The van der Waals surface area contributed by atoms with E-state index in [0.717, 1.165) is 47.6 Å². The van der Waals surface area contributed by atoms with E-state index in [1.807, 2.05) is 79.1 Å². The second-order valence-corrected chi connectivity index (χ2v) is 15.4. The van der Waals surface area contributed by atoms with Crippen LogP contribution in [-0.2, 0) is 32.0 Å². The zero-order valence-corrected chi connectivity index (χ0v) is 30.3. The molecule has 268 valence electrons. The summed E-state index contributed by atoms with van der Waals surface area (Å²) in [5, 5.41) is 7.85. The summed E-state index contributed by atoms with van der Waals surface area (Å²) in [6.07, 6.45) is 8.47. The Morgan fingerprint density at radius 3 is 2.10 bits per heavy atom. The number of carbonyl (C=O) groups is 4. The molecule has 3 aromatic carbocycles. The predicted octanol–water partition coefficient (Wildman–Crippen LogP) is 4.24. The maximum absolute atomic E-state index is 14.3. The molecule has 7 rings (SSSR count). The van der Waals surface area contributed by atoms with E-state index in [-0.39, 0.29) is 30.9 Å². The van der Waals surface area contributed by atoms with Gasteiger partial charge in [0.15, 0.2) is 0 Å². The quantitative estimate of drug-likeness (QED) is 0.185. The number of primary amides is 1. The van der Waals surface area contributed by atoms with Crippen molar-refractivity contribution < 1.29 is 19.2 Å². The van der Waals surface area contributed by atoms with E-state index < -0.39 is 35.8 Å². The number of carbonyl (C=O) groups excluding carboxylic acids is 4. The number of benzene rings is 3. The minimum Gasteiger partial charge on any atom is -0.368 e. The first-order valence-electron chi connectivity index (χ1n) is 17.6. The molecule has 0 aliphatic heterocycles. The summed E-state index contributed by atoms with van der Waals surface area (Å²) in [5.41, 5.74) is 14.3. The zero-order chi connectivity index (χ0) is 34.5. The molecule has 0 unspecified atom stereocenters. The van der Waals surface area contributed by atoms with Gasteiger partial charge in [-0.2, -0.15) is 11.8 Å². The van der Waals surface area contributed by atoms with Gasteiger partial charge in [0.05, 0.1) is 12.6 Å². The van der Waals surface area contributed by atoms with Crippen LogP contribution >= 0.6 is 24.2 Å². The molecule has 4 aliphatic rings. The molecular formula is C39H50ClN5O4S. The van der Waals surface area contributed by atoms with E-state index in [2.05, 4.69) is 10.6 Å². The first-order chi connectivity index (χ1) is 23.7. The van der Waals surface area contributed by atoms with Crippen molar-refractivity contribution in [1.29, 1.82) is 0 Å². The summed E-state index contributed by atoms with van der Waals surface area (Å²) in [4.78, 5) is 56.0. The van der Waals surface area contributed by atoms with Crippen LogP contribution in [0, 0.1) is 23.7 Å². The fourth-order valence-corrected chi connectivity index (χ4v) is 9.42. The highest BCUT2D eigenvalue weighted by Gasteiger charge is 2.52. The van der Waals surface area contributed by atoms with Crippen LogP contribution in [0.5, 0.6) is 0 Å². The third-order valence-corrected chi connectivity index (χ3v) is 11.6. The van der Waals surface area contributed by atoms with Crippen LogP contribution in [0.25, 0.3) is 10.8 Å². The van der Waals surface area contributed by atoms with Gasteiger partial charge in [0.2, 0.25) is 23.6 Å². The maximum Gasteiger partial charge on any atom is 0.243 e. The van der Waals surface area contributed by atoms with E-state index in [1.54, 1.807) is 16.7 Å². The number of nitrogens with two attached hydrogens (primary N) is 2. The average Bonchev–Trinajstić information content (AvgIpc) is 3.09. The highest BCUT2D eigenvalue weighted by molar-refractivity contribution is 7.98. The number of thioether (sulfide) groups is 1. The lowest BCUT2D eigenvalue weighted by molar-refractivity contribution is -0.153. The third kappa shape index (κ3) is 8.82. The van der Waals surface area contributed by atoms with E-state index in [1.165, 1.54) is 6.42 Å². The molecular weight excluding hydrogens is 670 g/mol. The Balaban J connectivity index is 0.00000486. The van der Waals surface area contributed by atoms with Gasteiger partial charge >= 0.3 is 0 Å². The smallest absolute Gasteiger partial charge is 0.243 e. The number of rotatable bonds is 15. The summed E-state index contributed by atoms with van der Waals surface area (Å²) >= 11 is 1.57. The van der Waals surface area contributed by atoms with E-state index in [0.29, 0.717) is 48.7 Å². The molecule has 3 aromatic rings. The molecule has 0 heterocycles. The number of halogens is 1. The molecule has 3 atom stereocenters. The Labute approximate surface area is 305 Å². The lowest BCUT2D eigenvalue weighted by atomic mass is 9.53. The maximum atomic E-state index is 14.3. The van der Waals surface area contributed by atoms with Gasteiger partial charge in [0, 0.05) is 12.5 Å². The normalized spacial score (nSPS) is 23.7. The second kappa shape index (κ2) is 17.1. The van der Waals surface area contributed by atoms with Crippen molar-refractivity contribution in [3.8, 4) is 0 Å². The second-order valence-electron chi connectivity index (χ2n) is 14.4. The molecule has 0 spiro atoms. The van der Waals surface area contributed by atoms with Crippen molar-refractivity contribution in [3.63, 3.8) is 0 Å². The molecule has 6 N–H and O–H groups in total. The van der Waals surface area contributed by atoms with Crippen molar-refractivity contribution in [2.24, 2.45) is 35.1 Å². The Morgan fingerprint density at radius 1 is 0.820 bits per heavy atom. The lowest BCUT2D eigenvalue weighted by Gasteiger charge is -2.58. The van der Waals surface area contributed by atoms with Crippen LogP contribution in [0.1, 0.15) is 49.7 Å². The molecule has 4 bridgehead atoms. The molecule has 11 heteroatoms. The number of hydrogen-bond acceptors (Lipinski definition) is 6. The molecule has 4 fully saturated rings. The number of hydrogen-bond donors (Lipinski definition) is 4. The fourth-order valence-electron chi connectivity index (χ4n) is 8.94. The van der Waals surface area contributed by atoms with Crippen LogP contribution in [0.4, 0.5) is 0 Å². The Kier molecular flexibility index (Phi) is 12.9. The number of nitrogens with zero attached hydrogens (tertiary/aromatic N) is 1. The summed E-state index contributed by atoms with van der Waals surface area (Å²) in [6, 6.07) is 21.0. The molecule has 4 aliphatic carbocycles. The molecule has 50 heavy (non-hydrogen) atoms. The van der Waals surface area contributed by atoms with Gasteiger partial charge in [-0.3, -0.25) is 19.2 Å². The highest BCUT2D eigenvalue weighted by atomic mass is 35.5. The van der Waals surface area contributed by atoms with Gasteiger partial charge in [-0.25, -0.2) is 0 Å². The van der Waals surface area contributed by atoms with Gasteiger partial charge in [0.25, 0.3) is 0 Å². The van der Waals surface area contributed by atoms with E-state index in [9.17, 15) is 19.2 Å². The lowest BCUT2D eigenvalue weighted by Crippen LogP contribution is -2.64. The van der Waals surface area contributed by atoms with Crippen molar-refractivity contribution in [2.75, 3.05) is 18.6 Å². The Hall–Kier alpha value is -3.60. The van der Waals surface area contributed by atoms with Gasteiger partial charge in [-0.1, -0.05) is 72.8 Å². The van der Waals surface area contributed by atoms with Gasteiger partial charge in [0.1, 0.15) is 12.1 Å². The topological polar surface area (TPSA) is 148 Å². The molecule has 9 nitrogen and oxygen atoms in total. The monoisotopic (exact) mass is 719 g/mol. The van der Waals surface area contributed by atoms with Crippen molar-refractivity contribution in [1.82, 2.24) is 15.5 Å². The summed E-state index contributed by atoms with van der Waals surface area (Å²) < 4.78 is 0. The number of fused-ring (bicyclic) bond motifs is 1. The van der Waals surface area contributed by atoms with Gasteiger partial charge in [-0.05, 0) is 103 Å². The fraction of sp³-hybridized carbons (Fsp3) is 0.487. The van der Waals surface area contributed by atoms with Crippen LogP contribution in [0.3, 0.4) is 0 Å². The number of amides is 4. The molecule has 0 saturated heterocycles. The zero-order valence-electron chi connectivity index (χ0n) is 28.7. The van der Waals surface area contributed by atoms with E-state index in [4.69, 9.17) is 11.5 Å². The molecule has 0 aromatic heterocycles. The highest BCUT2D eigenvalue weighted by Crippen LogP contribution is 2.55. The first-order valence-corrected chi connectivity index (χ1v) is 19.0. The minimum atomic E-state index is -0.860. The number of nitrogens with one attached hydrogen (secondary N) is 2. The molecule has 0 radical (unpaired) electrons. The largest absolute Gasteiger partial charge is 0.368 e. The van der Waals surface area contributed by atoms with Crippen molar-refractivity contribution in [2.45, 2.75) is 75.5 Å². The van der Waals surface area contributed by atoms with Crippen LogP contribution < -0.4 is 22.1 Å². The summed E-state index contributed by atoms with van der Waals surface area (Å²) in [5.74, 6) is 0.932. The van der Waals surface area contributed by atoms with Crippen LogP contribution in [-0.4, -0.2) is 71.2 Å². The van der Waals surface area contributed by atoms with Crippen molar-refractivity contribution in [3.05, 3.63) is 83.9 Å². The van der Waals surface area contributed by atoms with E-state index >= 15 is 0 Å². The standard InChI is InChI=1S/C39H49N5O4S.ClH/c1-49-14-13-33(43-38(47)32(40)21-25-11-12-28-9-5-6-10-29(28)16-25)39(48)42-23-35(45)44(34(37(41)46)22-24-7-3-2-4-8-24)36-30-17-26-15-27(19-30)20-31(36)18-26;/h2-12,16,26-27,30-34,36H,13-15,17-23,40H2,1H3,(H2,41,46)(H,42,48)(H,43,47);1H/t26?,27?,30?,31?,32-,33+,34-,36?;/m0./s1. The molecule has 4 saturated carbocycles. The Morgan fingerprint density at radius 2 is 1.46 bits per heavy atom. The molecule has 4 amide bonds. The Bertz CT molecular complexity index is 1630. The average molecular weight is 720 g/mol. The first kappa shape index (κ1) is 37.7. The third-order valence-electron chi connectivity index (χ3n) is 11.0. The summed E-state index contributed by atoms with van der Waals surface area (Å²) in [7, 11) is 0. The van der Waals surface area contributed by atoms with Crippen molar-refractivity contribution >= 4 is 58.6 Å². The van der Waals surface area contributed by atoms with Gasteiger partial charge in [-0.15, -0.1) is 12.4 Å². The minimum absolute atomic E-state index is 0. The van der Waals surface area contributed by atoms with Gasteiger partial charge < -0.3 is 27.0 Å². The SMILES string of the molecule is CSCC[C@@H](NC(=O)[C@@H](N)Cc1ccc2ccccc2c1)C(=O)NCC(=O)N(C1C2CC3CC(C2)CC1C3)[C@@H](Cc1ccccc1)C(N)=O.Cl. The predicted molar refractivity (Wildman–Crippen MR) is 202 cm³/mol. The van der Waals surface area contributed by atoms with Crippen LogP contribution in [0.15, 0.2) is 72.8 Å².